The average Bonchev–Trinajstić information content (AvgIpc) is 2.61. The van der Waals surface area contributed by atoms with Gasteiger partial charge < -0.3 is 0 Å². The van der Waals surface area contributed by atoms with Crippen molar-refractivity contribution in [3.8, 4) is 11.3 Å². The van der Waals surface area contributed by atoms with Crippen LogP contribution in [0.3, 0.4) is 0 Å². The number of benzene rings is 2. The summed E-state index contributed by atoms with van der Waals surface area (Å²) in [5.41, 5.74) is 1.91. The van der Waals surface area contributed by atoms with Gasteiger partial charge in [-0.3, -0.25) is 9.20 Å². The monoisotopic (exact) mass is 366 g/mol. The highest BCUT2D eigenvalue weighted by atomic mass is 32.2. The van der Waals surface area contributed by atoms with E-state index in [1.807, 2.05) is 18.2 Å². The molecule has 0 amide bonds. The smallest absolute Gasteiger partial charge is 0.266 e. The number of fused-ring (bicyclic) bond motifs is 3. The molecule has 0 atom stereocenters. The largest absolute Gasteiger partial charge is 0.285 e. The van der Waals surface area contributed by atoms with Crippen molar-refractivity contribution < 1.29 is 8.42 Å². The molecule has 4 rings (SSSR count). The molecule has 0 saturated heterocycles. The van der Waals surface area contributed by atoms with Gasteiger partial charge in [0.05, 0.1) is 16.8 Å². The molecule has 8 heteroatoms. The number of sulfone groups is 1. The summed E-state index contributed by atoms with van der Waals surface area (Å²) < 4.78 is 24.9. The number of rotatable bonds is 3. The second-order valence-corrected chi connectivity index (χ2v) is 8.14. The maximum Gasteiger partial charge on any atom is 0.285 e. The van der Waals surface area contributed by atoms with Crippen molar-refractivity contribution in [3.63, 3.8) is 0 Å². The number of aromatic nitrogens is 4. The van der Waals surface area contributed by atoms with Crippen molar-refractivity contribution >= 4 is 26.5 Å². The summed E-state index contributed by atoms with van der Waals surface area (Å²) in [6.07, 6.45) is 1.12. The second-order valence-electron chi connectivity index (χ2n) is 6.00. The molecule has 0 bridgehead atoms. The minimum atomic E-state index is -3.36. The van der Waals surface area contributed by atoms with Crippen LogP contribution in [0.2, 0.25) is 0 Å². The first-order valence-electron chi connectivity index (χ1n) is 7.84. The van der Waals surface area contributed by atoms with Gasteiger partial charge in [0.25, 0.3) is 5.56 Å². The molecule has 0 spiro atoms. The topological polar surface area (TPSA) is 94.3 Å². The van der Waals surface area contributed by atoms with Gasteiger partial charge in [-0.15, -0.1) is 10.2 Å². The third kappa shape index (κ3) is 2.84. The molecule has 0 saturated carbocycles. The Morgan fingerprint density at radius 1 is 0.962 bits per heavy atom. The fourth-order valence-electron chi connectivity index (χ4n) is 2.86. The van der Waals surface area contributed by atoms with Crippen molar-refractivity contribution in [3.05, 3.63) is 70.6 Å². The van der Waals surface area contributed by atoms with Crippen LogP contribution in [-0.2, 0) is 15.6 Å². The van der Waals surface area contributed by atoms with Gasteiger partial charge in [0.1, 0.15) is 5.69 Å². The molecule has 2 aromatic heterocycles. The summed E-state index contributed by atoms with van der Waals surface area (Å²) in [5, 5.41) is 8.19. The minimum Gasteiger partial charge on any atom is -0.266 e. The molecule has 2 aromatic carbocycles. The van der Waals surface area contributed by atoms with Crippen LogP contribution in [-0.4, -0.2) is 34.3 Å². The first-order chi connectivity index (χ1) is 12.4. The number of hydrogen-bond acceptors (Lipinski definition) is 6. The van der Waals surface area contributed by atoms with Gasteiger partial charge in [-0.25, -0.2) is 13.4 Å². The van der Waals surface area contributed by atoms with Crippen LogP contribution in [0.15, 0.2) is 59.4 Å². The molecule has 0 unspecified atom stereocenters. The zero-order valence-electron chi connectivity index (χ0n) is 13.8. The molecule has 0 radical (unpaired) electrons. The Hall–Kier alpha value is -3.13. The minimum absolute atomic E-state index is 0.152. The molecule has 0 fully saturated rings. The van der Waals surface area contributed by atoms with Crippen LogP contribution in [0, 0.1) is 0 Å². The van der Waals surface area contributed by atoms with E-state index in [1.54, 1.807) is 36.4 Å². The summed E-state index contributed by atoms with van der Waals surface area (Å²) in [6.45, 7) is 0. The van der Waals surface area contributed by atoms with E-state index in [0.717, 1.165) is 6.26 Å². The van der Waals surface area contributed by atoms with Gasteiger partial charge >= 0.3 is 0 Å². The zero-order valence-corrected chi connectivity index (χ0v) is 14.6. The second kappa shape index (κ2) is 5.99. The van der Waals surface area contributed by atoms with E-state index in [-0.39, 0.29) is 28.3 Å². The fraction of sp³-hybridized carbons (Fsp3) is 0.111. The third-order valence-corrected chi connectivity index (χ3v) is 4.74. The summed E-state index contributed by atoms with van der Waals surface area (Å²) in [6, 6.07) is 16.1. The van der Waals surface area contributed by atoms with Crippen molar-refractivity contribution in [2.24, 2.45) is 0 Å². The zero-order chi connectivity index (χ0) is 18.3. The molecule has 0 aliphatic rings. The van der Waals surface area contributed by atoms with Gasteiger partial charge in [0, 0.05) is 11.8 Å². The Balaban J connectivity index is 2.14. The third-order valence-electron chi connectivity index (χ3n) is 3.94. The highest BCUT2D eigenvalue weighted by molar-refractivity contribution is 7.89. The quantitative estimate of drug-likeness (QED) is 0.514. The molecule has 2 heterocycles. The van der Waals surface area contributed by atoms with Crippen molar-refractivity contribution in [2.45, 2.75) is 5.75 Å². The van der Waals surface area contributed by atoms with Gasteiger partial charge in [-0.1, -0.05) is 42.5 Å². The Morgan fingerprint density at radius 2 is 1.65 bits per heavy atom. The summed E-state index contributed by atoms with van der Waals surface area (Å²) in [5.74, 6) is -0.319. The lowest BCUT2D eigenvalue weighted by atomic mass is 10.1. The Morgan fingerprint density at radius 3 is 2.38 bits per heavy atom. The van der Waals surface area contributed by atoms with Gasteiger partial charge in [-0.05, 0) is 12.1 Å². The first-order valence-corrected chi connectivity index (χ1v) is 9.90. The van der Waals surface area contributed by atoms with Crippen LogP contribution in [0.5, 0.6) is 0 Å². The highest BCUT2D eigenvalue weighted by Crippen LogP contribution is 2.18. The Labute approximate surface area is 148 Å². The van der Waals surface area contributed by atoms with E-state index in [0.29, 0.717) is 16.6 Å². The highest BCUT2D eigenvalue weighted by Gasteiger charge is 2.18. The van der Waals surface area contributed by atoms with Crippen LogP contribution in [0.1, 0.15) is 5.69 Å². The summed E-state index contributed by atoms with van der Waals surface area (Å²) in [7, 11) is -3.36. The van der Waals surface area contributed by atoms with E-state index in [4.69, 9.17) is 0 Å². The lowest BCUT2D eigenvalue weighted by Gasteiger charge is -2.10. The molecular weight excluding hydrogens is 352 g/mol. The maximum absolute atomic E-state index is 13.1. The molecule has 4 aromatic rings. The standard InChI is InChI=1S/C18H14N4O3S/c1-26(24,25)11-14-17-21-20-16(12-7-3-2-4-8-12)18(23)22(17)15-10-6-5-9-13(15)19-14/h2-10H,11H2,1H3. The van der Waals surface area contributed by atoms with Crippen LogP contribution in [0.25, 0.3) is 27.9 Å². The number of para-hydroxylation sites is 2. The van der Waals surface area contributed by atoms with E-state index in [9.17, 15) is 13.2 Å². The Kier molecular flexibility index (Phi) is 3.77. The van der Waals surface area contributed by atoms with Crippen molar-refractivity contribution in [1.82, 2.24) is 19.6 Å². The van der Waals surface area contributed by atoms with Crippen LogP contribution in [0.4, 0.5) is 0 Å². The molecule has 26 heavy (non-hydrogen) atoms. The fourth-order valence-corrected chi connectivity index (χ4v) is 3.55. The first kappa shape index (κ1) is 16.3. The predicted molar refractivity (Wildman–Crippen MR) is 98.5 cm³/mol. The molecule has 0 aliphatic carbocycles. The SMILES string of the molecule is CS(=O)(=O)Cc1nc2ccccc2n2c(=O)c(-c3ccccc3)nnc12. The Bertz CT molecular complexity index is 1300. The molecule has 0 N–H and O–H groups in total. The van der Waals surface area contributed by atoms with Crippen LogP contribution >= 0.6 is 0 Å². The van der Waals surface area contributed by atoms with E-state index in [2.05, 4.69) is 15.2 Å². The van der Waals surface area contributed by atoms with E-state index >= 15 is 0 Å². The van der Waals surface area contributed by atoms with Gasteiger partial charge in [0.2, 0.25) is 0 Å². The van der Waals surface area contributed by atoms with Gasteiger partial charge in [0.15, 0.2) is 21.2 Å². The summed E-state index contributed by atoms with van der Waals surface area (Å²) >= 11 is 0. The lowest BCUT2D eigenvalue weighted by molar-refractivity contribution is 0.600. The molecular formula is C18H14N4O3S. The average molecular weight is 366 g/mol. The van der Waals surface area contributed by atoms with Crippen LogP contribution < -0.4 is 5.56 Å². The maximum atomic E-state index is 13.1. The molecule has 130 valence electrons. The van der Waals surface area contributed by atoms with Crippen molar-refractivity contribution in [2.75, 3.05) is 6.26 Å². The number of hydrogen-bond donors (Lipinski definition) is 0. The summed E-state index contributed by atoms with van der Waals surface area (Å²) in [4.78, 5) is 17.5. The normalized spacial score (nSPS) is 11.9. The van der Waals surface area contributed by atoms with Crippen molar-refractivity contribution in [1.29, 1.82) is 0 Å². The number of nitrogens with zero attached hydrogens (tertiary/aromatic N) is 4. The van der Waals surface area contributed by atoms with E-state index in [1.165, 1.54) is 4.40 Å². The van der Waals surface area contributed by atoms with E-state index < -0.39 is 9.84 Å². The molecule has 0 aliphatic heterocycles. The van der Waals surface area contributed by atoms with Gasteiger partial charge in [-0.2, -0.15) is 0 Å². The lowest BCUT2D eigenvalue weighted by Crippen LogP contribution is -2.22. The predicted octanol–water partition coefficient (Wildman–Crippen LogP) is 1.85. The molecule has 7 nitrogen and oxygen atoms in total.